The monoisotopic (exact) mass is 335 g/mol. The first kappa shape index (κ1) is 20.3. The van der Waals surface area contributed by atoms with Gasteiger partial charge in [0.2, 0.25) is 0 Å². The average Bonchev–Trinajstić information content (AvgIpc) is 2.59. The first-order chi connectivity index (χ1) is 11.9. The fraction of sp³-hybridized carbons (Fsp3) is 1.00. The first-order valence-electron chi connectivity index (χ1n) is 11.7. The van der Waals surface area contributed by atoms with Gasteiger partial charge in [-0.25, -0.2) is 0 Å². The van der Waals surface area contributed by atoms with E-state index in [1.165, 1.54) is 135 Å². The Labute approximate surface area is 152 Å². The summed E-state index contributed by atoms with van der Waals surface area (Å²) < 4.78 is 0. The van der Waals surface area contributed by atoms with E-state index < -0.39 is 0 Å². The first-order valence-corrected chi connectivity index (χ1v) is 11.7. The highest BCUT2D eigenvalue weighted by atomic mass is 14.9. The quantitative estimate of drug-likeness (QED) is 0.567. The van der Waals surface area contributed by atoms with Crippen LogP contribution in [0.3, 0.4) is 0 Å². The van der Waals surface area contributed by atoms with Crippen molar-refractivity contribution in [3.8, 4) is 0 Å². The summed E-state index contributed by atoms with van der Waals surface area (Å²) in [4.78, 5) is 0. The summed E-state index contributed by atoms with van der Waals surface area (Å²) in [6.45, 7) is 1.31. The minimum absolute atomic E-state index is 0.824. The Balaban J connectivity index is 1.68. The maximum Gasteiger partial charge on any atom is 0.00671 e. The van der Waals surface area contributed by atoms with Gasteiger partial charge in [-0.15, -0.1) is 0 Å². The zero-order chi connectivity index (χ0) is 16.7. The fourth-order valence-corrected chi connectivity index (χ4v) is 4.80. The Morgan fingerprint density at radius 2 is 0.750 bits per heavy atom. The molecular formula is C23H45N. The van der Waals surface area contributed by atoms with E-state index in [9.17, 15) is 0 Å². The molecule has 0 saturated heterocycles. The van der Waals surface area contributed by atoms with E-state index in [4.69, 9.17) is 0 Å². The summed E-state index contributed by atoms with van der Waals surface area (Å²) in [5.41, 5.74) is 0. The highest BCUT2D eigenvalue weighted by Gasteiger charge is 2.14. The molecular weight excluding hydrogens is 290 g/mol. The molecule has 2 saturated carbocycles. The van der Waals surface area contributed by atoms with Crippen LogP contribution in [0.5, 0.6) is 0 Å². The van der Waals surface area contributed by atoms with Gasteiger partial charge in [-0.05, 0) is 38.1 Å². The van der Waals surface area contributed by atoms with E-state index in [-0.39, 0.29) is 0 Å². The van der Waals surface area contributed by atoms with Crippen LogP contribution in [-0.2, 0) is 0 Å². The second-order valence-electron chi connectivity index (χ2n) is 8.78. The van der Waals surface area contributed by atoms with Crippen molar-refractivity contribution in [2.75, 3.05) is 6.54 Å². The number of rotatable bonds is 3. The summed E-state index contributed by atoms with van der Waals surface area (Å²) in [5.74, 6) is 0.958. The van der Waals surface area contributed by atoms with Gasteiger partial charge in [-0.3, -0.25) is 0 Å². The van der Waals surface area contributed by atoms with Gasteiger partial charge >= 0.3 is 0 Å². The third-order valence-electron chi connectivity index (χ3n) is 6.53. The number of hydrogen-bond donors (Lipinski definition) is 1. The molecule has 24 heavy (non-hydrogen) atoms. The van der Waals surface area contributed by atoms with Crippen LogP contribution < -0.4 is 5.32 Å². The topological polar surface area (TPSA) is 12.0 Å². The van der Waals surface area contributed by atoms with Crippen LogP contribution in [0.15, 0.2) is 0 Å². The van der Waals surface area contributed by atoms with Crippen LogP contribution >= 0.6 is 0 Å². The van der Waals surface area contributed by atoms with Crippen LogP contribution in [0.1, 0.15) is 128 Å². The molecule has 0 aromatic rings. The van der Waals surface area contributed by atoms with Crippen LogP contribution in [0.2, 0.25) is 0 Å². The van der Waals surface area contributed by atoms with E-state index in [1.54, 1.807) is 0 Å². The molecule has 142 valence electrons. The Bertz CT molecular complexity index is 253. The van der Waals surface area contributed by atoms with E-state index >= 15 is 0 Å². The lowest BCUT2D eigenvalue weighted by Crippen LogP contribution is -2.33. The largest absolute Gasteiger partial charge is 0.314 e. The lowest BCUT2D eigenvalue weighted by atomic mass is 9.92. The SMILES string of the molecule is C1CCCCCC(CNC2CCCCCCCCC2)CCCCC1. The Morgan fingerprint density at radius 1 is 0.417 bits per heavy atom. The molecule has 0 aromatic carbocycles. The van der Waals surface area contributed by atoms with Crippen molar-refractivity contribution >= 4 is 0 Å². The Hall–Kier alpha value is -0.0400. The van der Waals surface area contributed by atoms with Gasteiger partial charge in [-0.2, -0.15) is 0 Å². The number of hydrogen-bond acceptors (Lipinski definition) is 1. The molecule has 0 heterocycles. The molecule has 2 rings (SSSR count). The molecule has 0 atom stereocenters. The summed E-state index contributed by atoms with van der Waals surface area (Å²) in [5, 5.41) is 4.02. The molecule has 1 N–H and O–H groups in total. The molecule has 0 unspecified atom stereocenters. The van der Waals surface area contributed by atoms with Crippen LogP contribution in [-0.4, -0.2) is 12.6 Å². The summed E-state index contributed by atoms with van der Waals surface area (Å²) in [6.07, 6.45) is 29.6. The van der Waals surface area contributed by atoms with Crippen LogP contribution in [0, 0.1) is 5.92 Å². The molecule has 2 aliphatic carbocycles. The van der Waals surface area contributed by atoms with Crippen molar-refractivity contribution in [3.63, 3.8) is 0 Å². The van der Waals surface area contributed by atoms with Crippen LogP contribution in [0.25, 0.3) is 0 Å². The lowest BCUT2D eigenvalue weighted by Gasteiger charge is -2.24. The highest BCUT2D eigenvalue weighted by molar-refractivity contribution is 4.72. The summed E-state index contributed by atoms with van der Waals surface area (Å²) >= 11 is 0. The van der Waals surface area contributed by atoms with Crippen molar-refractivity contribution < 1.29 is 0 Å². The Kier molecular flexibility index (Phi) is 12.0. The van der Waals surface area contributed by atoms with Gasteiger partial charge in [0.05, 0.1) is 0 Å². The lowest BCUT2D eigenvalue weighted by molar-refractivity contribution is 0.331. The standard InChI is InChI=1S/C23H45N/c1-2-5-9-13-17-22(18-14-10-6-3-1)21-24-23-19-15-11-7-4-8-12-16-20-23/h22-24H,1-21H2. The molecule has 2 fully saturated rings. The van der Waals surface area contributed by atoms with Crippen molar-refractivity contribution in [2.24, 2.45) is 5.92 Å². The maximum absolute atomic E-state index is 4.02. The normalized spacial score (nSPS) is 25.5. The second kappa shape index (κ2) is 14.2. The van der Waals surface area contributed by atoms with Gasteiger partial charge in [0.15, 0.2) is 0 Å². The molecule has 0 amide bonds. The second-order valence-corrected chi connectivity index (χ2v) is 8.78. The molecule has 1 heteroatoms. The average molecular weight is 336 g/mol. The fourth-order valence-electron chi connectivity index (χ4n) is 4.80. The van der Waals surface area contributed by atoms with E-state index in [0.717, 1.165) is 12.0 Å². The smallest absolute Gasteiger partial charge is 0.00671 e. The van der Waals surface area contributed by atoms with Crippen molar-refractivity contribution in [1.82, 2.24) is 5.32 Å². The van der Waals surface area contributed by atoms with Crippen molar-refractivity contribution in [3.05, 3.63) is 0 Å². The molecule has 0 radical (unpaired) electrons. The highest BCUT2D eigenvalue weighted by Crippen LogP contribution is 2.22. The summed E-state index contributed by atoms with van der Waals surface area (Å²) in [7, 11) is 0. The van der Waals surface area contributed by atoms with E-state index in [2.05, 4.69) is 5.32 Å². The van der Waals surface area contributed by atoms with E-state index in [1.807, 2.05) is 0 Å². The predicted molar refractivity (Wildman–Crippen MR) is 108 cm³/mol. The van der Waals surface area contributed by atoms with Gasteiger partial charge in [0, 0.05) is 6.04 Å². The molecule has 1 nitrogen and oxygen atoms in total. The van der Waals surface area contributed by atoms with Gasteiger partial charge < -0.3 is 5.32 Å². The van der Waals surface area contributed by atoms with E-state index in [0.29, 0.717) is 0 Å². The third-order valence-corrected chi connectivity index (χ3v) is 6.53. The zero-order valence-electron chi connectivity index (χ0n) is 16.5. The maximum atomic E-state index is 4.02. The van der Waals surface area contributed by atoms with Gasteiger partial charge in [0.25, 0.3) is 0 Å². The third kappa shape index (κ3) is 10.1. The molecule has 0 aromatic heterocycles. The molecule has 0 aliphatic heterocycles. The Morgan fingerprint density at radius 3 is 1.17 bits per heavy atom. The molecule has 2 aliphatic rings. The minimum atomic E-state index is 0.824. The number of nitrogens with one attached hydrogen (secondary N) is 1. The molecule has 0 spiro atoms. The minimum Gasteiger partial charge on any atom is -0.314 e. The van der Waals surface area contributed by atoms with Crippen molar-refractivity contribution in [1.29, 1.82) is 0 Å². The summed E-state index contributed by atoms with van der Waals surface area (Å²) in [6, 6.07) is 0.824. The van der Waals surface area contributed by atoms with Crippen molar-refractivity contribution in [2.45, 2.75) is 134 Å². The molecule has 0 bridgehead atoms. The van der Waals surface area contributed by atoms with Crippen LogP contribution in [0.4, 0.5) is 0 Å². The zero-order valence-corrected chi connectivity index (χ0v) is 16.5. The van der Waals surface area contributed by atoms with Gasteiger partial charge in [0.1, 0.15) is 0 Å². The van der Waals surface area contributed by atoms with Gasteiger partial charge in [-0.1, -0.05) is 103 Å². The predicted octanol–water partition coefficient (Wildman–Crippen LogP) is 7.39.